The second-order valence-electron chi connectivity index (χ2n) is 5.88. The molecule has 1 aromatic rings. The van der Waals surface area contributed by atoms with Crippen LogP contribution in [0.5, 0.6) is 0 Å². The van der Waals surface area contributed by atoms with Crippen molar-refractivity contribution in [3.8, 4) is 0 Å². The van der Waals surface area contributed by atoms with Crippen molar-refractivity contribution in [2.75, 3.05) is 7.11 Å². The molecule has 0 unspecified atom stereocenters. The molecular weight excluding hydrogens is 254 g/mol. The van der Waals surface area contributed by atoms with Gasteiger partial charge in [-0.25, -0.2) is 9.79 Å². The van der Waals surface area contributed by atoms with E-state index in [9.17, 15) is 9.59 Å². The molecule has 1 aromatic carbocycles. The summed E-state index contributed by atoms with van der Waals surface area (Å²) < 4.78 is 4.66. The molecule has 0 heterocycles. The first-order chi connectivity index (χ1) is 9.23. The van der Waals surface area contributed by atoms with Crippen LogP contribution in [0.2, 0.25) is 0 Å². The van der Waals surface area contributed by atoms with E-state index >= 15 is 0 Å². The number of esters is 1. The minimum atomic E-state index is -0.377. The largest absolute Gasteiger partial charge is 0.465 e. The summed E-state index contributed by atoms with van der Waals surface area (Å²) in [6.45, 7) is 7.70. The fourth-order valence-corrected chi connectivity index (χ4v) is 1.82. The highest BCUT2D eigenvalue weighted by molar-refractivity contribution is 6.06. The first kappa shape index (κ1) is 16.1. The molecule has 0 spiro atoms. The van der Waals surface area contributed by atoms with Gasteiger partial charge >= 0.3 is 5.97 Å². The Morgan fingerprint density at radius 3 is 2.00 bits per heavy atom. The van der Waals surface area contributed by atoms with E-state index in [-0.39, 0.29) is 17.3 Å². The van der Waals surface area contributed by atoms with Crippen LogP contribution >= 0.6 is 0 Å². The molecule has 0 aliphatic carbocycles. The highest BCUT2D eigenvalue weighted by atomic mass is 16.5. The lowest BCUT2D eigenvalue weighted by Crippen LogP contribution is -2.15. The summed E-state index contributed by atoms with van der Waals surface area (Å²) in [5.74, 6) is -0.598. The zero-order chi connectivity index (χ0) is 15.3. The van der Waals surface area contributed by atoms with Gasteiger partial charge in [0.25, 0.3) is 0 Å². The van der Waals surface area contributed by atoms with Gasteiger partial charge in [-0.2, -0.15) is 0 Å². The second kappa shape index (κ2) is 6.46. The number of aliphatic imine (C=N–C) groups is 1. The fraction of sp³-hybridized carbons (Fsp3) is 0.438. The summed E-state index contributed by atoms with van der Waals surface area (Å²) in [5.41, 5.74) is 2.09. The molecule has 0 saturated carbocycles. The molecule has 0 atom stereocenters. The van der Waals surface area contributed by atoms with Gasteiger partial charge in [0.15, 0.2) is 0 Å². The Hall–Kier alpha value is -1.97. The van der Waals surface area contributed by atoms with E-state index in [1.165, 1.54) is 14.0 Å². The van der Waals surface area contributed by atoms with Crippen molar-refractivity contribution in [2.24, 2.45) is 10.4 Å². The van der Waals surface area contributed by atoms with E-state index in [0.29, 0.717) is 12.0 Å². The van der Waals surface area contributed by atoms with Crippen LogP contribution in [-0.2, 0) is 9.53 Å². The summed E-state index contributed by atoms with van der Waals surface area (Å²) in [4.78, 5) is 26.8. The Labute approximate surface area is 119 Å². The van der Waals surface area contributed by atoms with Crippen LogP contribution in [0, 0.1) is 5.41 Å². The number of hydrogen-bond donors (Lipinski definition) is 0. The van der Waals surface area contributed by atoms with Crippen LogP contribution in [0.4, 0.5) is 0 Å². The Kier molecular flexibility index (Phi) is 5.19. The smallest absolute Gasteiger partial charge is 0.337 e. The normalized spacial score (nSPS) is 12.2. The molecule has 0 radical (unpaired) electrons. The maximum Gasteiger partial charge on any atom is 0.337 e. The minimum absolute atomic E-state index is 0.0231. The molecule has 20 heavy (non-hydrogen) atoms. The SMILES string of the molecule is COC(=O)c1ccc(C(CC(C)(C)C)=NC(C)=O)cc1. The maximum atomic E-state index is 11.4. The Balaban J connectivity index is 3.09. The van der Waals surface area contributed by atoms with Crippen molar-refractivity contribution in [3.63, 3.8) is 0 Å². The maximum absolute atomic E-state index is 11.4. The average Bonchev–Trinajstić information content (AvgIpc) is 2.35. The molecule has 4 nitrogen and oxygen atoms in total. The molecule has 1 rings (SSSR count). The van der Waals surface area contributed by atoms with Gasteiger partial charge in [-0.05, 0) is 29.5 Å². The monoisotopic (exact) mass is 275 g/mol. The lowest BCUT2D eigenvalue weighted by molar-refractivity contribution is -0.115. The number of carbonyl (C=O) groups excluding carboxylic acids is 2. The topological polar surface area (TPSA) is 55.7 Å². The zero-order valence-electron chi connectivity index (χ0n) is 12.7. The van der Waals surface area contributed by atoms with Gasteiger partial charge in [-0.3, -0.25) is 4.79 Å². The van der Waals surface area contributed by atoms with Gasteiger partial charge in [-0.15, -0.1) is 0 Å². The highest BCUT2D eigenvalue weighted by Crippen LogP contribution is 2.22. The van der Waals surface area contributed by atoms with Gasteiger partial charge in [-0.1, -0.05) is 32.9 Å². The number of rotatable bonds is 3. The van der Waals surface area contributed by atoms with Crippen molar-refractivity contribution < 1.29 is 14.3 Å². The number of carbonyl (C=O) groups is 2. The van der Waals surface area contributed by atoms with Crippen molar-refractivity contribution in [3.05, 3.63) is 35.4 Å². The third-order valence-corrected chi connectivity index (χ3v) is 2.63. The summed E-state index contributed by atoms with van der Waals surface area (Å²) in [7, 11) is 1.35. The zero-order valence-corrected chi connectivity index (χ0v) is 12.7. The van der Waals surface area contributed by atoms with Crippen molar-refractivity contribution in [1.82, 2.24) is 0 Å². The van der Waals surface area contributed by atoms with Crippen LogP contribution in [0.3, 0.4) is 0 Å². The molecule has 4 heteroatoms. The molecule has 0 saturated heterocycles. The van der Waals surface area contributed by atoms with E-state index in [1.54, 1.807) is 24.3 Å². The van der Waals surface area contributed by atoms with Crippen molar-refractivity contribution >= 4 is 17.6 Å². The van der Waals surface area contributed by atoms with Crippen molar-refractivity contribution in [1.29, 1.82) is 0 Å². The first-order valence-corrected chi connectivity index (χ1v) is 6.50. The van der Waals surface area contributed by atoms with Gasteiger partial charge in [0.1, 0.15) is 0 Å². The predicted molar refractivity (Wildman–Crippen MR) is 79.1 cm³/mol. The highest BCUT2D eigenvalue weighted by Gasteiger charge is 2.17. The molecule has 0 aliphatic heterocycles. The van der Waals surface area contributed by atoms with Crippen LogP contribution in [0.25, 0.3) is 0 Å². The first-order valence-electron chi connectivity index (χ1n) is 6.50. The molecule has 0 aromatic heterocycles. The average molecular weight is 275 g/mol. The summed E-state index contributed by atoms with van der Waals surface area (Å²) >= 11 is 0. The lowest BCUT2D eigenvalue weighted by Gasteiger charge is -2.19. The van der Waals surface area contributed by atoms with Crippen LogP contribution in [0.15, 0.2) is 29.3 Å². The summed E-state index contributed by atoms with van der Waals surface area (Å²) in [6.07, 6.45) is 0.685. The Morgan fingerprint density at radius 2 is 1.60 bits per heavy atom. The van der Waals surface area contributed by atoms with E-state index < -0.39 is 0 Å². The van der Waals surface area contributed by atoms with E-state index in [1.807, 2.05) is 0 Å². The molecule has 0 aliphatic rings. The Morgan fingerprint density at radius 1 is 1.10 bits per heavy atom. The fourth-order valence-electron chi connectivity index (χ4n) is 1.82. The van der Waals surface area contributed by atoms with E-state index in [2.05, 4.69) is 30.5 Å². The third kappa shape index (κ3) is 4.96. The number of amides is 1. The molecule has 0 N–H and O–H groups in total. The van der Waals surface area contributed by atoms with Crippen LogP contribution in [0.1, 0.15) is 50.0 Å². The standard InChI is InChI=1S/C16H21NO3/c1-11(18)17-14(10-16(2,3)4)12-6-8-13(9-7-12)15(19)20-5/h6-9H,10H2,1-5H3. The van der Waals surface area contributed by atoms with Gasteiger partial charge in [0.2, 0.25) is 5.91 Å². The van der Waals surface area contributed by atoms with Crippen molar-refractivity contribution in [2.45, 2.75) is 34.1 Å². The van der Waals surface area contributed by atoms with Gasteiger partial charge < -0.3 is 4.74 Å². The number of hydrogen-bond acceptors (Lipinski definition) is 3. The quantitative estimate of drug-likeness (QED) is 0.628. The van der Waals surface area contributed by atoms with Crippen LogP contribution < -0.4 is 0 Å². The third-order valence-electron chi connectivity index (χ3n) is 2.63. The van der Waals surface area contributed by atoms with Gasteiger partial charge in [0, 0.05) is 6.92 Å². The molecule has 1 amide bonds. The number of ether oxygens (including phenoxy) is 1. The number of benzene rings is 1. The van der Waals surface area contributed by atoms with Gasteiger partial charge in [0.05, 0.1) is 18.4 Å². The summed E-state index contributed by atoms with van der Waals surface area (Å²) in [6, 6.07) is 6.94. The number of methoxy groups -OCH3 is 1. The second-order valence-corrected chi connectivity index (χ2v) is 5.88. The van der Waals surface area contributed by atoms with E-state index in [4.69, 9.17) is 0 Å². The van der Waals surface area contributed by atoms with Crippen LogP contribution in [-0.4, -0.2) is 24.7 Å². The molecule has 0 bridgehead atoms. The predicted octanol–water partition coefficient (Wildman–Crippen LogP) is 3.25. The minimum Gasteiger partial charge on any atom is -0.465 e. The number of nitrogens with zero attached hydrogens (tertiary/aromatic N) is 1. The molecule has 0 fully saturated rings. The molecule has 108 valence electrons. The van der Waals surface area contributed by atoms with E-state index in [0.717, 1.165) is 11.3 Å². The Bertz CT molecular complexity index is 522. The molecular formula is C16H21NO3. The summed E-state index contributed by atoms with van der Waals surface area (Å²) in [5, 5.41) is 0. The lowest BCUT2D eigenvalue weighted by atomic mass is 9.87.